The molecule has 0 N–H and O–H groups in total. The lowest BCUT2D eigenvalue weighted by molar-refractivity contribution is -0.158. The first kappa shape index (κ1) is 22.8. The van der Waals surface area contributed by atoms with Gasteiger partial charge in [0.1, 0.15) is 11.5 Å². The van der Waals surface area contributed by atoms with Crippen LogP contribution in [0.25, 0.3) is 0 Å². The molecular weight excluding hydrogens is 448 g/mol. The second-order valence-corrected chi connectivity index (χ2v) is 8.40. The summed E-state index contributed by atoms with van der Waals surface area (Å²) in [5.41, 5.74) is 3.23. The van der Waals surface area contributed by atoms with Gasteiger partial charge in [0.15, 0.2) is 17.1 Å². The number of aryl methyl sites for hydroxylation is 1. The van der Waals surface area contributed by atoms with Gasteiger partial charge in [-0.2, -0.15) is 0 Å². The van der Waals surface area contributed by atoms with Crippen molar-refractivity contribution in [1.82, 2.24) is 0 Å². The van der Waals surface area contributed by atoms with Crippen molar-refractivity contribution in [2.75, 3.05) is 21.3 Å². The first-order valence-electron chi connectivity index (χ1n) is 11.2. The van der Waals surface area contributed by atoms with E-state index in [2.05, 4.69) is 6.07 Å². The fourth-order valence-corrected chi connectivity index (χ4v) is 4.66. The van der Waals surface area contributed by atoms with Crippen LogP contribution in [0.2, 0.25) is 0 Å². The molecule has 180 valence electrons. The number of hydrogen-bond donors (Lipinski definition) is 0. The zero-order valence-corrected chi connectivity index (χ0v) is 20.0. The van der Waals surface area contributed by atoms with Gasteiger partial charge in [-0.3, -0.25) is 0 Å². The van der Waals surface area contributed by atoms with Gasteiger partial charge in [0.2, 0.25) is 0 Å². The summed E-state index contributed by atoms with van der Waals surface area (Å²) in [7, 11) is 4.77. The van der Waals surface area contributed by atoms with Gasteiger partial charge in [0.25, 0.3) is 0 Å². The third-order valence-electron chi connectivity index (χ3n) is 6.34. The number of ether oxygens (including phenoxy) is 6. The second kappa shape index (κ2) is 9.00. The molecule has 7 nitrogen and oxygen atoms in total. The Bertz CT molecular complexity index is 1300. The van der Waals surface area contributed by atoms with E-state index in [9.17, 15) is 4.79 Å². The molecule has 2 unspecified atom stereocenters. The Labute approximate surface area is 203 Å². The van der Waals surface area contributed by atoms with Crippen molar-refractivity contribution < 1.29 is 33.2 Å². The number of esters is 1. The number of benzene rings is 3. The summed E-state index contributed by atoms with van der Waals surface area (Å²) in [6, 6.07) is 19.0. The van der Waals surface area contributed by atoms with E-state index in [1.165, 1.54) is 7.11 Å². The van der Waals surface area contributed by atoms with Crippen molar-refractivity contribution in [2.24, 2.45) is 0 Å². The monoisotopic (exact) mass is 474 g/mol. The topological polar surface area (TPSA) is 72.5 Å². The SMILES string of the molecule is COc1ccc(C2(c3ccc4c(c3)OC(OC)O4)OC(=O)C=C2Cc2ccc(OC)c(C)c2)cc1. The first-order valence-corrected chi connectivity index (χ1v) is 11.2. The van der Waals surface area contributed by atoms with Gasteiger partial charge in [-0.05, 0) is 60.4 Å². The Morgan fingerprint density at radius 1 is 0.857 bits per heavy atom. The van der Waals surface area contributed by atoms with Gasteiger partial charge in [0, 0.05) is 24.3 Å². The molecule has 5 rings (SSSR count). The molecule has 2 aliphatic heterocycles. The smallest absolute Gasteiger partial charge is 0.360 e. The van der Waals surface area contributed by atoms with Crippen LogP contribution in [0, 0.1) is 6.92 Å². The Balaban J connectivity index is 1.63. The van der Waals surface area contributed by atoms with Crippen LogP contribution in [-0.2, 0) is 26.3 Å². The van der Waals surface area contributed by atoms with Crippen LogP contribution < -0.4 is 18.9 Å². The first-order chi connectivity index (χ1) is 17.0. The van der Waals surface area contributed by atoms with Crippen molar-refractivity contribution >= 4 is 5.97 Å². The number of carbonyl (C=O) groups is 1. The highest BCUT2D eigenvalue weighted by Crippen LogP contribution is 2.48. The minimum absolute atomic E-state index is 0.409. The molecule has 0 spiro atoms. The summed E-state index contributed by atoms with van der Waals surface area (Å²) in [6.45, 7) is 1.17. The van der Waals surface area contributed by atoms with E-state index in [4.69, 9.17) is 28.4 Å². The molecule has 0 saturated carbocycles. The summed E-state index contributed by atoms with van der Waals surface area (Å²) in [6.07, 6.45) is 2.07. The Morgan fingerprint density at radius 2 is 1.60 bits per heavy atom. The number of rotatable bonds is 7. The number of fused-ring (bicyclic) bond motifs is 1. The summed E-state index contributed by atoms with van der Waals surface area (Å²) in [4.78, 5) is 12.8. The van der Waals surface area contributed by atoms with Gasteiger partial charge < -0.3 is 28.4 Å². The van der Waals surface area contributed by atoms with Crippen molar-refractivity contribution in [3.63, 3.8) is 0 Å². The van der Waals surface area contributed by atoms with E-state index in [0.29, 0.717) is 23.7 Å². The molecule has 0 radical (unpaired) electrons. The maximum Gasteiger partial charge on any atom is 0.360 e. The van der Waals surface area contributed by atoms with Crippen LogP contribution in [0.4, 0.5) is 0 Å². The molecule has 3 aromatic carbocycles. The Kier molecular flexibility index (Phi) is 5.86. The highest BCUT2D eigenvalue weighted by Gasteiger charge is 2.47. The van der Waals surface area contributed by atoms with Crippen molar-refractivity contribution in [1.29, 1.82) is 0 Å². The minimum Gasteiger partial charge on any atom is -0.497 e. The molecule has 0 bridgehead atoms. The molecule has 3 aromatic rings. The highest BCUT2D eigenvalue weighted by atomic mass is 16.9. The van der Waals surface area contributed by atoms with Crippen molar-refractivity contribution in [3.8, 4) is 23.0 Å². The fraction of sp³-hybridized carbons (Fsp3) is 0.250. The number of carbonyl (C=O) groups excluding carboxylic acids is 1. The maximum absolute atomic E-state index is 12.8. The molecule has 2 atom stereocenters. The predicted octanol–water partition coefficient (Wildman–Crippen LogP) is 4.68. The zero-order chi connectivity index (χ0) is 24.6. The molecule has 7 heteroatoms. The molecule has 0 aliphatic carbocycles. The Morgan fingerprint density at radius 3 is 2.29 bits per heavy atom. The normalized spacial score (nSPS) is 20.4. The molecule has 0 fully saturated rings. The quantitative estimate of drug-likeness (QED) is 0.460. The van der Waals surface area contributed by atoms with E-state index in [1.54, 1.807) is 26.4 Å². The van der Waals surface area contributed by atoms with Crippen molar-refractivity contribution in [2.45, 2.75) is 25.4 Å². The zero-order valence-electron chi connectivity index (χ0n) is 20.0. The highest BCUT2D eigenvalue weighted by molar-refractivity contribution is 5.88. The molecule has 35 heavy (non-hydrogen) atoms. The van der Waals surface area contributed by atoms with E-state index in [1.807, 2.05) is 55.5 Å². The van der Waals surface area contributed by atoms with Gasteiger partial charge in [-0.1, -0.05) is 30.3 Å². The summed E-state index contributed by atoms with van der Waals surface area (Å²) in [5, 5.41) is 0. The second-order valence-electron chi connectivity index (χ2n) is 8.40. The van der Waals surface area contributed by atoms with Crippen molar-refractivity contribution in [3.05, 3.63) is 94.6 Å². The Hall–Kier alpha value is -3.97. The maximum atomic E-state index is 12.8. The van der Waals surface area contributed by atoms with Gasteiger partial charge in [-0.15, -0.1) is 0 Å². The van der Waals surface area contributed by atoms with Crippen LogP contribution in [0.15, 0.2) is 72.3 Å². The molecule has 2 heterocycles. The van der Waals surface area contributed by atoms with Gasteiger partial charge in [-0.25, -0.2) is 4.79 Å². The summed E-state index contributed by atoms with van der Waals surface area (Å²) in [5.74, 6) is 2.19. The lowest BCUT2D eigenvalue weighted by atomic mass is 9.78. The fourth-order valence-electron chi connectivity index (χ4n) is 4.66. The largest absolute Gasteiger partial charge is 0.497 e. The van der Waals surface area contributed by atoms with Crippen LogP contribution in [0.5, 0.6) is 23.0 Å². The molecule has 2 aliphatic rings. The van der Waals surface area contributed by atoms with E-state index in [-0.39, 0.29) is 0 Å². The van der Waals surface area contributed by atoms with E-state index < -0.39 is 18.0 Å². The van der Waals surface area contributed by atoms with Gasteiger partial charge in [0.05, 0.1) is 14.2 Å². The van der Waals surface area contributed by atoms with E-state index >= 15 is 0 Å². The van der Waals surface area contributed by atoms with Crippen LogP contribution in [0.3, 0.4) is 0 Å². The average molecular weight is 475 g/mol. The number of cyclic esters (lactones) is 1. The van der Waals surface area contributed by atoms with Crippen LogP contribution in [0.1, 0.15) is 22.3 Å². The lowest BCUT2D eigenvalue weighted by Gasteiger charge is -2.33. The van der Waals surface area contributed by atoms with Gasteiger partial charge >= 0.3 is 12.4 Å². The summed E-state index contributed by atoms with van der Waals surface area (Å²) < 4.78 is 33.5. The standard InChI is InChI=1S/C28H26O7/c1-17-13-18(5-11-23(17)31-3)14-21-16-26(29)35-28(21,19-6-9-22(30-2)10-7-19)20-8-12-24-25(15-20)34-27(32-4)33-24/h5-13,15-16,27H,14H2,1-4H3. The third-order valence-corrected chi connectivity index (χ3v) is 6.34. The van der Waals surface area contributed by atoms with Crippen LogP contribution in [-0.4, -0.2) is 33.8 Å². The minimum atomic E-state index is -1.15. The average Bonchev–Trinajstić information content (AvgIpc) is 3.44. The molecule has 0 aromatic heterocycles. The predicted molar refractivity (Wildman–Crippen MR) is 128 cm³/mol. The summed E-state index contributed by atoms with van der Waals surface area (Å²) >= 11 is 0. The lowest BCUT2D eigenvalue weighted by Crippen LogP contribution is -2.32. The number of hydrogen-bond acceptors (Lipinski definition) is 7. The van der Waals surface area contributed by atoms with E-state index in [0.717, 1.165) is 33.6 Å². The van der Waals surface area contributed by atoms with Crippen LogP contribution >= 0.6 is 0 Å². The molecular formula is C28H26O7. The number of methoxy groups -OCH3 is 3. The molecule has 0 saturated heterocycles. The third kappa shape index (κ3) is 3.98. The molecule has 0 amide bonds.